The Morgan fingerprint density at radius 2 is 1.58 bits per heavy atom. The maximum Gasteiger partial charge on any atom is 0.303 e. The molecule has 4 heteroatoms. The largest absolute Gasteiger partial charge is 0.481 e. The second kappa shape index (κ2) is 9.50. The summed E-state index contributed by atoms with van der Waals surface area (Å²) in [6.07, 6.45) is 3.09. The fourth-order valence-electron chi connectivity index (χ4n) is 2.58. The molecule has 2 aromatic carbocycles. The van der Waals surface area contributed by atoms with E-state index >= 15 is 0 Å². The molecule has 0 aliphatic heterocycles. The average molecular weight is 325 g/mol. The van der Waals surface area contributed by atoms with Gasteiger partial charge < -0.3 is 10.4 Å². The Kier molecular flexibility index (Phi) is 7.02. The summed E-state index contributed by atoms with van der Waals surface area (Å²) in [4.78, 5) is 22.8. The zero-order chi connectivity index (χ0) is 17.2. The van der Waals surface area contributed by atoms with Crippen LogP contribution in [0.25, 0.3) is 0 Å². The van der Waals surface area contributed by atoms with Crippen molar-refractivity contribution in [3.8, 4) is 0 Å². The van der Waals surface area contributed by atoms with Gasteiger partial charge in [0, 0.05) is 18.5 Å². The topological polar surface area (TPSA) is 66.4 Å². The molecule has 0 radical (unpaired) electrons. The number of carboxylic acid groups (broad SMARTS) is 1. The summed E-state index contributed by atoms with van der Waals surface area (Å²) in [7, 11) is 0. The van der Waals surface area contributed by atoms with Crippen LogP contribution >= 0.6 is 0 Å². The van der Waals surface area contributed by atoms with Gasteiger partial charge in [-0.15, -0.1) is 0 Å². The maximum absolute atomic E-state index is 12.3. The molecule has 24 heavy (non-hydrogen) atoms. The molecule has 126 valence electrons. The molecule has 0 spiro atoms. The molecule has 1 amide bonds. The van der Waals surface area contributed by atoms with E-state index in [2.05, 4.69) is 17.4 Å². The minimum Gasteiger partial charge on any atom is -0.481 e. The Hall–Kier alpha value is -2.62. The van der Waals surface area contributed by atoms with Crippen molar-refractivity contribution in [2.24, 2.45) is 0 Å². The van der Waals surface area contributed by atoms with Gasteiger partial charge >= 0.3 is 5.97 Å². The van der Waals surface area contributed by atoms with Crippen molar-refractivity contribution in [1.29, 1.82) is 0 Å². The lowest BCUT2D eigenvalue weighted by molar-refractivity contribution is -0.137. The highest BCUT2D eigenvalue weighted by Gasteiger charge is 2.10. The summed E-state index contributed by atoms with van der Waals surface area (Å²) >= 11 is 0. The van der Waals surface area contributed by atoms with Gasteiger partial charge in [0.1, 0.15) is 0 Å². The molecule has 2 aromatic rings. The van der Waals surface area contributed by atoms with Crippen LogP contribution in [0.3, 0.4) is 0 Å². The molecule has 0 unspecified atom stereocenters. The lowest BCUT2D eigenvalue weighted by Gasteiger charge is -2.10. The van der Waals surface area contributed by atoms with E-state index in [0.717, 1.165) is 18.4 Å². The molecule has 2 rings (SSSR count). The first-order chi connectivity index (χ1) is 11.7. The van der Waals surface area contributed by atoms with Gasteiger partial charge in [0.15, 0.2) is 0 Å². The third-order valence-electron chi connectivity index (χ3n) is 3.89. The van der Waals surface area contributed by atoms with Crippen LogP contribution in [0.5, 0.6) is 0 Å². The molecule has 0 saturated carbocycles. The van der Waals surface area contributed by atoms with Crippen LogP contribution in [0.4, 0.5) is 0 Å². The number of nitrogens with one attached hydrogen (secondary N) is 1. The van der Waals surface area contributed by atoms with E-state index in [9.17, 15) is 9.59 Å². The van der Waals surface area contributed by atoms with Crippen LogP contribution in [0.15, 0.2) is 54.6 Å². The Balaban J connectivity index is 1.87. The molecule has 2 N–H and O–H groups in total. The van der Waals surface area contributed by atoms with Crippen molar-refractivity contribution >= 4 is 11.9 Å². The van der Waals surface area contributed by atoms with Crippen LogP contribution < -0.4 is 5.32 Å². The van der Waals surface area contributed by atoms with E-state index in [0.29, 0.717) is 24.9 Å². The Morgan fingerprint density at radius 3 is 2.33 bits per heavy atom. The normalized spacial score (nSPS) is 10.3. The molecule has 0 saturated heterocycles. The number of benzene rings is 2. The van der Waals surface area contributed by atoms with E-state index in [1.54, 1.807) is 0 Å². The predicted molar refractivity (Wildman–Crippen MR) is 94.1 cm³/mol. The van der Waals surface area contributed by atoms with Crippen LogP contribution in [0, 0.1) is 0 Å². The standard InChI is InChI=1S/C20H23NO3/c22-19(23)12-6-7-15-21-20(24)18-11-5-4-10-17(18)14-13-16-8-2-1-3-9-16/h1-5,8-11H,6-7,12-15H2,(H,21,24)(H,22,23). The highest BCUT2D eigenvalue weighted by Crippen LogP contribution is 2.13. The summed E-state index contributed by atoms with van der Waals surface area (Å²) in [5, 5.41) is 11.5. The molecular formula is C20H23NO3. The quantitative estimate of drug-likeness (QED) is 0.694. The highest BCUT2D eigenvalue weighted by atomic mass is 16.4. The SMILES string of the molecule is O=C(O)CCCCNC(=O)c1ccccc1CCc1ccccc1. The van der Waals surface area contributed by atoms with Gasteiger partial charge in [0.05, 0.1) is 0 Å². The molecule has 0 atom stereocenters. The van der Waals surface area contributed by atoms with Gasteiger partial charge in [-0.1, -0.05) is 48.5 Å². The fraction of sp³-hybridized carbons (Fsp3) is 0.300. The first kappa shape index (κ1) is 17.7. The smallest absolute Gasteiger partial charge is 0.303 e. The average Bonchev–Trinajstić information content (AvgIpc) is 2.60. The van der Waals surface area contributed by atoms with E-state index in [4.69, 9.17) is 5.11 Å². The van der Waals surface area contributed by atoms with Crippen molar-refractivity contribution in [1.82, 2.24) is 5.32 Å². The summed E-state index contributed by atoms with van der Waals surface area (Å²) in [5.74, 6) is -0.887. The van der Waals surface area contributed by atoms with E-state index < -0.39 is 5.97 Å². The zero-order valence-electron chi connectivity index (χ0n) is 13.7. The van der Waals surface area contributed by atoms with Gasteiger partial charge in [-0.3, -0.25) is 9.59 Å². The van der Waals surface area contributed by atoms with Crippen LogP contribution in [-0.2, 0) is 17.6 Å². The van der Waals surface area contributed by atoms with Crippen molar-refractivity contribution in [3.05, 3.63) is 71.3 Å². The molecule has 0 aliphatic carbocycles. The number of hydrogen-bond acceptors (Lipinski definition) is 2. The number of amides is 1. The molecule has 0 bridgehead atoms. The minimum absolute atomic E-state index is 0.0889. The van der Waals surface area contributed by atoms with E-state index in [-0.39, 0.29) is 12.3 Å². The summed E-state index contributed by atoms with van der Waals surface area (Å²) in [5.41, 5.74) is 2.98. The van der Waals surface area contributed by atoms with Gasteiger partial charge in [-0.05, 0) is 42.9 Å². The number of aliphatic carboxylic acids is 1. The molecule has 4 nitrogen and oxygen atoms in total. The third kappa shape index (κ3) is 5.88. The Bertz CT molecular complexity index is 668. The summed E-state index contributed by atoms with van der Waals surface area (Å²) in [6, 6.07) is 17.9. The molecule has 0 fully saturated rings. The maximum atomic E-state index is 12.3. The van der Waals surface area contributed by atoms with E-state index in [1.165, 1.54) is 5.56 Å². The van der Waals surface area contributed by atoms with Crippen LogP contribution in [0.2, 0.25) is 0 Å². The number of unbranched alkanes of at least 4 members (excludes halogenated alkanes) is 1. The van der Waals surface area contributed by atoms with Gasteiger partial charge in [-0.25, -0.2) is 0 Å². The lowest BCUT2D eigenvalue weighted by atomic mass is 9.99. The van der Waals surface area contributed by atoms with Crippen molar-refractivity contribution in [3.63, 3.8) is 0 Å². The Morgan fingerprint density at radius 1 is 0.875 bits per heavy atom. The van der Waals surface area contributed by atoms with Crippen molar-refractivity contribution < 1.29 is 14.7 Å². The zero-order valence-corrected chi connectivity index (χ0v) is 13.7. The lowest BCUT2D eigenvalue weighted by Crippen LogP contribution is -2.25. The van der Waals surface area contributed by atoms with Gasteiger partial charge in [0.2, 0.25) is 0 Å². The van der Waals surface area contributed by atoms with Crippen LogP contribution in [0.1, 0.15) is 40.7 Å². The molecule has 0 aliphatic rings. The number of carbonyl (C=O) groups excluding carboxylic acids is 1. The number of hydrogen-bond donors (Lipinski definition) is 2. The molecule has 0 aromatic heterocycles. The predicted octanol–water partition coefficient (Wildman–Crippen LogP) is 3.46. The van der Waals surface area contributed by atoms with Gasteiger partial charge in [0.25, 0.3) is 5.91 Å². The van der Waals surface area contributed by atoms with Crippen molar-refractivity contribution in [2.75, 3.05) is 6.54 Å². The van der Waals surface area contributed by atoms with Crippen molar-refractivity contribution in [2.45, 2.75) is 32.1 Å². The Labute approximate surface area is 142 Å². The highest BCUT2D eigenvalue weighted by molar-refractivity contribution is 5.95. The first-order valence-electron chi connectivity index (χ1n) is 8.28. The fourth-order valence-corrected chi connectivity index (χ4v) is 2.58. The summed E-state index contributed by atoms with van der Waals surface area (Å²) < 4.78 is 0. The number of carbonyl (C=O) groups is 2. The van der Waals surface area contributed by atoms with E-state index in [1.807, 2.05) is 42.5 Å². The number of rotatable bonds is 9. The number of carboxylic acids is 1. The van der Waals surface area contributed by atoms with Crippen LogP contribution in [-0.4, -0.2) is 23.5 Å². The third-order valence-corrected chi connectivity index (χ3v) is 3.89. The second-order valence-electron chi connectivity index (χ2n) is 5.75. The first-order valence-corrected chi connectivity index (χ1v) is 8.28. The second-order valence-corrected chi connectivity index (χ2v) is 5.75. The summed E-state index contributed by atoms with van der Waals surface area (Å²) in [6.45, 7) is 0.499. The minimum atomic E-state index is -0.799. The molecular weight excluding hydrogens is 302 g/mol. The van der Waals surface area contributed by atoms with Gasteiger partial charge in [-0.2, -0.15) is 0 Å². The molecule has 0 heterocycles. The monoisotopic (exact) mass is 325 g/mol. The number of aryl methyl sites for hydroxylation is 2.